The summed E-state index contributed by atoms with van der Waals surface area (Å²) in [6.07, 6.45) is -2.24. The first-order valence-electron chi connectivity index (χ1n) is 7.49. The summed E-state index contributed by atoms with van der Waals surface area (Å²) in [4.78, 5) is 16.1. The van der Waals surface area contributed by atoms with Crippen molar-refractivity contribution in [2.24, 2.45) is 0 Å². The standard InChI is InChI=1S/C16H13F3N6O/c1-10-22-23-24-25(10)13-6-2-4-11(8-13)15(26)21-14(16(17,18)19)12-5-3-7-20-9-12/h2-9,14H,1H3,(H,21,26)/t14-/m0/s1. The van der Waals surface area contributed by atoms with E-state index < -0.39 is 18.1 Å². The SMILES string of the molecule is Cc1nnnn1-c1cccc(C(=O)N[C@@H](c2cccnc2)C(F)(F)F)c1. The van der Waals surface area contributed by atoms with Crippen molar-refractivity contribution in [2.75, 3.05) is 0 Å². The molecule has 7 nitrogen and oxygen atoms in total. The van der Waals surface area contributed by atoms with Crippen LogP contribution in [0.4, 0.5) is 13.2 Å². The molecule has 1 aromatic carbocycles. The fourth-order valence-electron chi connectivity index (χ4n) is 2.36. The first kappa shape index (κ1) is 17.5. The van der Waals surface area contributed by atoms with Gasteiger partial charge in [0.2, 0.25) is 0 Å². The Bertz CT molecular complexity index is 910. The maximum atomic E-state index is 13.4. The summed E-state index contributed by atoms with van der Waals surface area (Å²) in [7, 11) is 0. The van der Waals surface area contributed by atoms with Crippen molar-refractivity contribution in [1.29, 1.82) is 0 Å². The van der Waals surface area contributed by atoms with Crippen LogP contribution in [0.15, 0.2) is 48.8 Å². The summed E-state index contributed by atoms with van der Waals surface area (Å²) < 4.78 is 41.5. The molecule has 0 bridgehead atoms. The Hall–Kier alpha value is -3.30. The molecule has 0 aliphatic carbocycles. The number of rotatable bonds is 4. The van der Waals surface area contributed by atoms with E-state index in [4.69, 9.17) is 0 Å². The van der Waals surface area contributed by atoms with E-state index in [1.54, 1.807) is 13.0 Å². The van der Waals surface area contributed by atoms with Crippen molar-refractivity contribution in [3.8, 4) is 5.69 Å². The van der Waals surface area contributed by atoms with Gasteiger partial charge in [-0.3, -0.25) is 9.78 Å². The number of benzene rings is 1. The zero-order chi connectivity index (χ0) is 18.7. The third kappa shape index (κ3) is 3.68. The molecule has 3 rings (SSSR count). The van der Waals surface area contributed by atoms with Gasteiger partial charge in [-0.15, -0.1) is 5.10 Å². The third-order valence-electron chi connectivity index (χ3n) is 3.60. The molecule has 0 radical (unpaired) electrons. The molecule has 3 aromatic rings. The first-order chi connectivity index (χ1) is 12.4. The van der Waals surface area contributed by atoms with Crippen LogP contribution in [0.1, 0.15) is 27.8 Å². The summed E-state index contributed by atoms with van der Waals surface area (Å²) in [5, 5.41) is 13.0. The van der Waals surface area contributed by atoms with Crippen LogP contribution in [0.3, 0.4) is 0 Å². The Morgan fingerprint density at radius 3 is 2.65 bits per heavy atom. The molecule has 1 N–H and O–H groups in total. The summed E-state index contributed by atoms with van der Waals surface area (Å²) in [5.74, 6) is -0.394. The van der Waals surface area contributed by atoms with Gasteiger partial charge in [0.15, 0.2) is 11.9 Å². The Morgan fingerprint density at radius 2 is 2.04 bits per heavy atom. The molecule has 10 heteroatoms. The number of pyridine rings is 1. The molecule has 0 spiro atoms. The quantitative estimate of drug-likeness (QED) is 0.770. The normalized spacial score (nSPS) is 12.6. The van der Waals surface area contributed by atoms with Gasteiger partial charge in [-0.2, -0.15) is 17.9 Å². The van der Waals surface area contributed by atoms with E-state index >= 15 is 0 Å². The molecular formula is C16H13F3N6O. The van der Waals surface area contributed by atoms with E-state index in [1.165, 1.54) is 41.2 Å². The van der Waals surface area contributed by atoms with Gasteiger partial charge in [0.05, 0.1) is 5.69 Å². The second-order valence-electron chi connectivity index (χ2n) is 5.42. The van der Waals surface area contributed by atoms with Crippen molar-refractivity contribution in [1.82, 2.24) is 30.5 Å². The molecule has 0 unspecified atom stereocenters. The van der Waals surface area contributed by atoms with Crippen LogP contribution in [0.2, 0.25) is 0 Å². The molecule has 0 saturated carbocycles. The predicted molar refractivity (Wildman–Crippen MR) is 84.4 cm³/mol. The van der Waals surface area contributed by atoms with Gasteiger partial charge >= 0.3 is 6.18 Å². The minimum Gasteiger partial charge on any atom is -0.337 e. The number of tetrazole rings is 1. The third-order valence-corrected chi connectivity index (χ3v) is 3.60. The van der Waals surface area contributed by atoms with Crippen LogP contribution in [-0.4, -0.2) is 37.3 Å². The zero-order valence-electron chi connectivity index (χ0n) is 13.5. The summed E-state index contributed by atoms with van der Waals surface area (Å²) in [5.41, 5.74) is 0.362. The van der Waals surface area contributed by atoms with Crippen LogP contribution < -0.4 is 5.32 Å². The van der Waals surface area contributed by atoms with Crippen molar-refractivity contribution in [3.63, 3.8) is 0 Å². The molecule has 134 valence electrons. The molecule has 1 amide bonds. The minimum absolute atomic E-state index is 0.0514. The monoisotopic (exact) mass is 362 g/mol. The number of hydrogen-bond acceptors (Lipinski definition) is 5. The van der Waals surface area contributed by atoms with Crippen LogP contribution in [0.5, 0.6) is 0 Å². The molecule has 2 aromatic heterocycles. The highest BCUT2D eigenvalue weighted by Gasteiger charge is 2.42. The van der Waals surface area contributed by atoms with Crippen molar-refractivity contribution in [2.45, 2.75) is 19.1 Å². The topological polar surface area (TPSA) is 85.6 Å². The van der Waals surface area contributed by atoms with Gasteiger partial charge in [0.25, 0.3) is 5.91 Å². The number of aromatic nitrogens is 5. The summed E-state index contributed by atoms with van der Waals surface area (Å²) >= 11 is 0. The lowest BCUT2D eigenvalue weighted by molar-refractivity contribution is -0.155. The molecule has 1 atom stereocenters. The average Bonchev–Trinajstić information content (AvgIpc) is 3.05. The number of nitrogens with zero attached hydrogens (tertiary/aromatic N) is 5. The second-order valence-corrected chi connectivity index (χ2v) is 5.42. The number of amides is 1. The van der Waals surface area contributed by atoms with Gasteiger partial charge in [-0.1, -0.05) is 12.1 Å². The number of hydrogen-bond donors (Lipinski definition) is 1. The smallest absolute Gasteiger partial charge is 0.337 e. The highest BCUT2D eigenvalue weighted by atomic mass is 19.4. The number of nitrogens with one attached hydrogen (secondary N) is 1. The number of carbonyl (C=O) groups excluding carboxylic acids is 1. The lowest BCUT2D eigenvalue weighted by Gasteiger charge is -2.21. The molecule has 2 heterocycles. The van der Waals surface area contributed by atoms with E-state index in [0.717, 1.165) is 6.20 Å². The Balaban J connectivity index is 1.88. The number of halogens is 3. The van der Waals surface area contributed by atoms with Crippen LogP contribution in [0, 0.1) is 6.92 Å². The molecule has 26 heavy (non-hydrogen) atoms. The maximum absolute atomic E-state index is 13.4. The number of carbonyl (C=O) groups is 1. The first-order valence-corrected chi connectivity index (χ1v) is 7.49. The van der Waals surface area contributed by atoms with Gasteiger partial charge in [-0.25, -0.2) is 0 Å². The lowest BCUT2D eigenvalue weighted by Crippen LogP contribution is -2.38. The summed E-state index contributed by atoms with van der Waals surface area (Å²) in [6, 6.07) is 6.47. The van der Waals surface area contributed by atoms with Gasteiger partial charge in [0.1, 0.15) is 0 Å². The highest BCUT2D eigenvalue weighted by molar-refractivity contribution is 5.95. The fraction of sp³-hybridized carbons (Fsp3) is 0.188. The highest BCUT2D eigenvalue weighted by Crippen LogP contribution is 2.32. The largest absolute Gasteiger partial charge is 0.412 e. The van der Waals surface area contributed by atoms with Crippen LogP contribution in [-0.2, 0) is 0 Å². The van der Waals surface area contributed by atoms with E-state index in [0.29, 0.717) is 11.5 Å². The van der Waals surface area contributed by atoms with Gasteiger partial charge < -0.3 is 5.32 Å². The van der Waals surface area contributed by atoms with E-state index in [2.05, 4.69) is 20.5 Å². The molecule has 0 fully saturated rings. The molecule has 0 aliphatic heterocycles. The van der Waals surface area contributed by atoms with Crippen molar-refractivity contribution < 1.29 is 18.0 Å². The van der Waals surface area contributed by atoms with E-state index in [9.17, 15) is 18.0 Å². The Kier molecular flexibility index (Phi) is 4.65. The minimum atomic E-state index is -4.66. The molecular weight excluding hydrogens is 349 g/mol. The fourth-order valence-corrected chi connectivity index (χ4v) is 2.36. The van der Waals surface area contributed by atoms with Crippen molar-refractivity contribution >= 4 is 5.91 Å². The van der Waals surface area contributed by atoms with Gasteiger partial charge in [0, 0.05) is 23.5 Å². The molecule has 0 saturated heterocycles. The Morgan fingerprint density at radius 1 is 1.23 bits per heavy atom. The molecule has 0 aliphatic rings. The van der Waals surface area contributed by atoms with Crippen LogP contribution in [0.25, 0.3) is 5.69 Å². The maximum Gasteiger partial charge on any atom is 0.412 e. The lowest BCUT2D eigenvalue weighted by atomic mass is 10.1. The number of aryl methyl sites for hydroxylation is 1. The van der Waals surface area contributed by atoms with E-state index in [-0.39, 0.29) is 11.1 Å². The predicted octanol–water partition coefficient (Wildman–Crippen LogP) is 2.40. The average molecular weight is 362 g/mol. The van der Waals surface area contributed by atoms with Gasteiger partial charge in [-0.05, 0) is 41.6 Å². The second kappa shape index (κ2) is 6.90. The van der Waals surface area contributed by atoms with E-state index in [1.807, 2.05) is 5.32 Å². The zero-order valence-corrected chi connectivity index (χ0v) is 13.5. The summed E-state index contributed by atoms with van der Waals surface area (Å²) in [6.45, 7) is 1.66. The Labute approximate surface area is 145 Å². The number of alkyl halides is 3. The van der Waals surface area contributed by atoms with Crippen molar-refractivity contribution in [3.05, 3.63) is 65.7 Å². The van der Waals surface area contributed by atoms with Crippen LogP contribution >= 0.6 is 0 Å².